The van der Waals surface area contributed by atoms with Crippen molar-refractivity contribution in [2.24, 2.45) is 5.73 Å². The minimum absolute atomic E-state index is 0.0741. The maximum atomic E-state index is 10.4. The average Bonchev–Trinajstić information content (AvgIpc) is 2.16. The summed E-state index contributed by atoms with van der Waals surface area (Å²) < 4.78 is 29.2. The van der Waals surface area contributed by atoms with Gasteiger partial charge in [0.2, 0.25) is 5.91 Å². The molecule has 17 heavy (non-hydrogen) atoms. The molecule has 1 aromatic rings. The number of benzene rings is 1. The van der Waals surface area contributed by atoms with E-state index in [1.165, 1.54) is 19.1 Å². The fraction of sp³-hybridized carbons (Fsp3) is 0.200. The molecule has 0 saturated carbocycles. The largest absolute Gasteiger partial charge is 0.369 e. The van der Waals surface area contributed by atoms with Crippen LogP contribution in [-0.2, 0) is 19.7 Å². The second-order valence-corrected chi connectivity index (χ2v) is 4.55. The Morgan fingerprint density at radius 2 is 1.71 bits per heavy atom. The fourth-order valence-electron chi connectivity index (χ4n) is 0.838. The highest BCUT2D eigenvalue weighted by molar-refractivity contribution is 7.85. The summed E-state index contributed by atoms with van der Waals surface area (Å²) >= 11 is 0. The number of carbonyl (C=O) groups is 2. The summed E-state index contributed by atoms with van der Waals surface area (Å²) in [7, 11) is -4.00. The Morgan fingerprint density at radius 3 is 1.88 bits per heavy atom. The number of amides is 1. The van der Waals surface area contributed by atoms with Crippen molar-refractivity contribution in [1.82, 2.24) is 0 Å². The Labute approximate surface area is 99.2 Å². The number of nitrogens with two attached hydrogens (primary N) is 1. The lowest BCUT2D eigenvalue weighted by atomic mass is 10.3. The zero-order chi connectivity index (χ0) is 13.5. The lowest BCUT2D eigenvalue weighted by Crippen LogP contribution is -2.13. The van der Waals surface area contributed by atoms with Crippen molar-refractivity contribution in [3.05, 3.63) is 30.3 Å². The molecule has 0 unspecified atom stereocenters. The Morgan fingerprint density at radius 1 is 1.24 bits per heavy atom. The minimum Gasteiger partial charge on any atom is -0.369 e. The zero-order valence-corrected chi connectivity index (χ0v) is 9.98. The molecule has 0 aliphatic heterocycles. The lowest BCUT2D eigenvalue weighted by Gasteiger charge is -1.92. The van der Waals surface area contributed by atoms with Crippen LogP contribution in [0.1, 0.15) is 13.3 Å². The van der Waals surface area contributed by atoms with Gasteiger partial charge in [-0.15, -0.1) is 0 Å². The van der Waals surface area contributed by atoms with E-state index in [2.05, 4.69) is 5.73 Å². The first kappa shape index (κ1) is 15.3. The van der Waals surface area contributed by atoms with Crippen LogP contribution in [0.2, 0.25) is 0 Å². The number of carbonyl (C=O) groups excluding carboxylic acids is 2. The standard InChI is InChI=1S/C6H6O3S.C4H7NO2/c7-10(8,9)6-4-2-1-3-5-6;1-3(6)2-4(5)7/h1-5H,(H,7,8,9);2H2,1H3,(H2,5,7). The van der Waals surface area contributed by atoms with E-state index >= 15 is 0 Å². The first-order valence-electron chi connectivity index (χ1n) is 4.53. The summed E-state index contributed by atoms with van der Waals surface area (Å²) in [5.41, 5.74) is 4.63. The number of primary amides is 1. The van der Waals surface area contributed by atoms with Crippen LogP contribution >= 0.6 is 0 Å². The Balaban J connectivity index is 0.000000325. The van der Waals surface area contributed by atoms with E-state index in [-0.39, 0.29) is 17.1 Å². The molecule has 0 spiro atoms. The van der Waals surface area contributed by atoms with Gasteiger partial charge in [-0.3, -0.25) is 14.1 Å². The van der Waals surface area contributed by atoms with Crippen molar-refractivity contribution in [3.8, 4) is 0 Å². The molecule has 94 valence electrons. The van der Waals surface area contributed by atoms with E-state index in [0.717, 1.165) is 0 Å². The Bertz CT molecular complexity index is 469. The predicted molar refractivity (Wildman–Crippen MR) is 60.7 cm³/mol. The molecule has 1 aromatic carbocycles. The lowest BCUT2D eigenvalue weighted by molar-refractivity contribution is -0.125. The molecule has 0 heterocycles. The molecule has 0 atom stereocenters. The van der Waals surface area contributed by atoms with Crippen LogP contribution in [-0.4, -0.2) is 24.7 Å². The van der Waals surface area contributed by atoms with E-state index in [9.17, 15) is 18.0 Å². The SMILES string of the molecule is CC(=O)CC(N)=O.O=S(=O)(O)c1ccccc1. The van der Waals surface area contributed by atoms with Crippen LogP contribution in [0.4, 0.5) is 0 Å². The highest BCUT2D eigenvalue weighted by Crippen LogP contribution is 2.05. The van der Waals surface area contributed by atoms with Crippen molar-refractivity contribution < 1.29 is 22.6 Å². The summed E-state index contributed by atoms with van der Waals surface area (Å²) in [5.74, 6) is -0.750. The molecular formula is C10H13NO5S. The highest BCUT2D eigenvalue weighted by Gasteiger charge is 2.05. The summed E-state index contributed by atoms with van der Waals surface area (Å²) in [5, 5.41) is 0. The number of rotatable bonds is 3. The first-order chi connectivity index (χ1) is 7.73. The normalized spacial score (nSPS) is 10.0. The van der Waals surface area contributed by atoms with Crippen LogP contribution in [0.3, 0.4) is 0 Å². The molecule has 0 saturated heterocycles. The Kier molecular flexibility index (Phi) is 6.08. The summed E-state index contributed by atoms with van der Waals surface area (Å²) in [4.78, 5) is 19.7. The number of Topliss-reactive ketones (excluding diaryl/α,β-unsaturated/α-hetero) is 1. The van der Waals surface area contributed by atoms with Gasteiger partial charge in [0, 0.05) is 0 Å². The number of hydrogen-bond donors (Lipinski definition) is 2. The molecule has 3 N–H and O–H groups in total. The smallest absolute Gasteiger partial charge is 0.294 e. The van der Waals surface area contributed by atoms with Gasteiger partial charge in [0.25, 0.3) is 10.1 Å². The van der Waals surface area contributed by atoms with Crippen LogP contribution in [0, 0.1) is 0 Å². The van der Waals surface area contributed by atoms with Gasteiger partial charge in [-0.2, -0.15) is 8.42 Å². The van der Waals surface area contributed by atoms with Crippen molar-refractivity contribution in [1.29, 1.82) is 0 Å². The van der Waals surface area contributed by atoms with Gasteiger partial charge in [-0.1, -0.05) is 18.2 Å². The zero-order valence-electron chi connectivity index (χ0n) is 9.16. The second kappa shape index (κ2) is 6.77. The monoisotopic (exact) mass is 259 g/mol. The van der Waals surface area contributed by atoms with Gasteiger partial charge in [0.05, 0.1) is 11.3 Å². The third kappa shape index (κ3) is 8.12. The minimum atomic E-state index is -4.00. The molecule has 0 aliphatic rings. The van der Waals surface area contributed by atoms with Gasteiger partial charge in [0.15, 0.2) is 0 Å². The topological polar surface area (TPSA) is 115 Å². The van der Waals surface area contributed by atoms with Crippen molar-refractivity contribution in [3.63, 3.8) is 0 Å². The maximum absolute atomic E-state index is 10.4. The quantitative estimate of drug-likeness (QED) is 0.601. The molecule has 0 radical (unpaired) electrons. The summed E-state index contributed by atoms with van der Waals surface area (Å²) in [6.07, 6.45) is -0.139. The third-order valence-electron chi connectivity index (χ3n) is 1.46. The van der Waals surface area contributed by atoms with E-state index in [0.29, 0.717) is 0 Å². The molecule has 0 fully saturated rings. The van der Waals surface area contributed by atoms with E-state index in [1.807, 2.05) is 0 Å². The van der Waals surface area contributed by atoms with Gasteiger partial charge in [-0.25, -0.2) is 0 Å². The molecule has 7 heteroatoms. The predicted octanol–water partition coefficient (Wildman–Crippen LogP) is 0.384. The molecule has 0 bridgehead atoms. The highest BCUT2D eigenvalue weighted by atomic mass is 32.2. The molecule has 0 aromatic heterocycles. The molecule has 1 rings (SSSR count). The molecule has 6 nitrogen and oxygen atoms in total. The number of ketones is 1. The van der Waals surface area contributed by atoms with Crippen molar-refractivity contribution in [2.75, 3.05) is 0 Å². The number of hydrogen-bond acceptors (Lipinski definition) is 4. The van der Waals surface area contributed by atoms with Crippen LogP contribution in [0.5, 0.6) is 0 Å². The second-order valence-electron chi connectivity index (χ2n) is 3.13. The Hall–Kier alpha value is -1.73. The van der Waals surface area contributed by atoms with Gasteiger partial charge in [0.1, 0.15) is 5.78 Å². The van der Waals surface area contributed by atoms with E-state index in [1.54, 1.807) is 18.2 Å². The van der Waals surface area contributed by atoms with Crippen LogP contribution in [0.15, 0.2) is 35.2 Å². The van der Waals surface area contributed by atoms with Gasteiger partial charge < -0.3 is 5.73 Å². The van der Waals surface area contributed by atoms with Crippen molar-refractivity contribution in [2.45, 2.75) is 18.2 Å². The molecular weight excluding hydrogens is 246 g/mol. The fourth-order valence-corrected chi connectivity index (χ4v) is 1.34. The van der Waals surface area contributed by atoms with Crippen LogP contribution < -0.4 is 5.73 Å². The van der Waals surface area contributed by atoms with Crippen molar-refractivity contribution >= 4 is 21.8 Å². The summed E-state index contributed by atoms with van der Waals surface area (Å²) in [6, 6.07) is 7.42. The summed E-state index contributed by atoms with van der Waals surface area (Å²) in [6.45, 7) is 1.32. The average molecular weight is 259 g/mol. The maximum Gasteiger partial charge on any atom is 0.294 e. The van der Waals surface area contributed by atoms with Gasteiger partial charge in [-0.05, 0) is 19.1 Å². The van der Waals surface area contributed by atoms with Gasteiger partial charge >= 0.3 is 0 Å². The van der Waals surface area contributed by atoms with E-state index in [4.69, 9.17) is 4.55 Å². The van der Waals surface area contributed by atoms with E-state index < -0.39 is 16.0 Å². The third-order valence-corrected chi connectivity index (χ3v) is 2.33. The molecule has 1 amide bonds. The first-order valence-corrected chi connectivity index (χ1v) is 5.97. The molecule has 0 aliphatic carbocycles. The van der Waals surface area contributed by atoms with Crippen LogP contribution in [0.25, 0.3) is 0 Å².